The van der Waals surface area contributed by atoms with Crippen LogP contribution in [0.5, 0.6) is 0 Å². The van der Waals surface area contributed by atoms with Gasteiger partial charge in [-0.05, 0) is 211 Å². The molecule has 2 aromatic heterocycles. The molecular weight excluding hydrogens is 1790 g/mol. The second-order valence-corrected chi connectivity index (χ2v) is 46.3. The molecule has 9 aliphatic carbocycles. The number of carbonyl (C=O) groups is 5. The number of aryl methyl sites for hydroxylation is 1. The van der Waals surface area contributed by atoms with Gasteiger partial charge < -0.3 is 27.8 Å². The summed E-state index contributed by atoms with van der Waals surface area (Å²) in [5.74, 6) is 7.48. The van der Waals surface area contributed by atoms with E-state index < -0.39 is 19.0 Å². The SMILES string of the molecule is CC(C)OC(=S)SC1C(=O)CCC1C.CC1CC(=O)C(Br)C1.CC1CC2=C(C1)SC(=C1SC3=C(CC(C)C3)S1)S2.CC1CCC(=O)C1.CC1CCC(=O)C1Br.CC1CCc2sc(=O)sc21.CC1Cc2sc(=O)sc2C1.CCOCC.CCOP(OCC)OCC.O=S(=O)(O)O.[CH2+]C1CC(=O)C(SC(=S)OC(C)C)C1. The second-order valence-electron chi connectivity index (χ2n) is 28.9. The summed E-state index contributed by atoms with van der Waals surface area (Å²) in [6.45, 7) is 42.6. The highest BCUT2D eigenvalue weighted by Gasteiger charge is 2.38. The number of ketones is 5. The number of rotatable bonds is 12. The third-order valence-electron chi connectivity index (χ3n) is 17.5. The molecule has 10 unspecified atom stereocenters. The minimum Gasteiger partial charge on any atom is -0.476 e. The first-order chi connectivity index (χ1) is 51.2. The van der Waals surface area contributed by atoms with E-state index in [1.807, 2.05) is 62.3 Å². The summed E-state index contributed by atoms with van der Waals surface area (Å²) < 4.78 is 67.2. The Labute approximate surface area is 721 Å². The van der Waals surface area contributed by atoms with Gasteiger partial charge in [0.1, 0.15) is 29.1 Å². The van der Waals surface area contributed by atoms with Crippen LogP contribution in [0.3, 0.4) is 0 Å². The maximum Gasteiger partial charge on any atom is 0.394 e. The maximum atomic E-state index is 11.5. The summed E-state index contributed by atoms with van der Waals surface area (Å²) in [5, 5.41) is 0.00463. The molecule has 17 nitrogen and oxygen atoms in total. The Morgan fingerprint density at radius 1 is 0.514 bits per heavy atom. The zero-order valence-electron chi connectivity index (χ0n) is 66.4. The van der Waals surface area contributed by atoms with Crippen LogP contribution < -0.4 is 8.11 Å². The van der Waals surface area contributed by atoms with Crippen molar-refractivity contribution in [1.29, 1.82) is 0 Å². The molecule has 2 aromatic rings. The van der Waals surface area contributed by atoms with Crippen LogP contribution in [0, 0.1) is 54.3 Å². The highest BCUT2D eigenvalue weighted by atomic mass is 79.9. The van der Waals surface area contributed by atoms with Crippen molar-refractivity contribution in [3.05, 3.63) is 72.2 Å². The summed E-state index contributed by atoms with van der Waals surface area (Å²) in [7, 11) is -5.73. The van der Waals surface area contributed by atoms with Gasteiger partial charge >= 0.3 is 19.0 Å². The van der Waals surface area contributed by atoms with Crippen LogP contribution >= 0.6 is 181 Å². The second kappa shape index (κ2) is 54.3. The monoisotopic (exact) mass is 1910 g/mol. The van der Waals surface area contributed by atoms with Crippen molar-refractivity contribution in [1.82, 2.24) is 0 Å². The van der Waals surface area contributed by atoms with Crippen molar-refractivity contribution in [2.45, 2.75) is 278 Å². The summed E-state index contributed by atoms with van der Waals surface area (Å²) in [4.78, 5) is 89.0. The number of ether oxygens (including phenoxy) is 3. The molecule has 0 saturated heterocycles. The van der Waals surface area contributed by atoms with Crippen LogP contribution in [0.1, 0.15) is 246 Å². The molecule has 2 aliphatic heterocycles. The summed E-state index contributed by atoms with van der Waals surface area (Å²) >= 11 is 33.6. The van der Waals surface area contributed by atoms with E-state index in [4.69, 9.17) is 69.7 Å². The zero-order chi connectivity index (χ0) is 82.0. The Hall–Kier alpha value is 0.120. The van der Waals surface area contributed by atoms with Gasteiger partial charge in [-0.15, -0.1) is 0 Å². The van der Waals surface area contributed by atoms with E-state index in [0.29, 0.717) is 94.2 Å². The molecule has 0 radical (unpaired) electrons. The number of fused-ring (bicyclic) bond motifs is 2. The molecule has 10 atom stereocenters. The highest BCUT2D eigenvalue weighted by molar-refractivity contribution is 9.10. The molecule has 11 aliphatic rings. The predicted octanol–water partition coefficient (Wildman–Crippen LogP) is 23.5. The van der Waals surface area contributed by atoms with Crippen LogP contribution in [-0.4, -0.2) is 121 Å². The third-order valence-corrected chi connectivity index (χ3v) is 35.0. The van der Waals surface area contributed by atoms with Gasteiger partial charge in [-0.2, -0.15) is 8.42 Å². The molecule has 33 heteroatoms. The van der Waals surface area contributed by atoms with Gasteiger partial charge in [0, 0.05) is 90.9 Å². The Morgan fingerprint density at radius 2 is 0.954 bits per heavy atom. The van der Waals surface area contributed by atoms with Gasteiger partial charge in [0.05, 0.1) is 74.0 Å². The minimum absolute atomic E-state index is 0.0243. The molecule has 0 spiro atoms. The number of halogens is 2. The van der Waals surface area contributed by atoms with Crippen molar-refractivity contribution >= 4 is 229 Å². The highest BCUT2D eigenvalue weighted by Crippen LogP contribution is 2.66. The molecule has 4 heterocycles. The molecule has 0 aromatic carbocycles. The van der Waals surface area contributed by atoms with Gasteiger partial charge in [0.15, 0.2) is 5.78 Å². The van der Waals surface area contributed by atoms with E-state index in [0.717, 1.165) is 108 Å². The lowest BCUT2D eigenvalue weighted by atomic mass is 10.1. The maximum absolute atomic E-state index is 11.5. The van der Waals surface area contributed by atoms with E-state index in [1.54, 1.807) is 28.1 Å². The normalized spacial score (nSPS) is 25.0. The molecule has 620 valence electrons. The number of Topliss-reactive ketones (excluding diaryl/α,β-unsaturated/α-hetero) is 5. The number of thioether (sulfide) groups is 6. The number of hydrogen-bond acceptors (Lipinski definition) is 27. The molecule has 0 bridgehead atoms. The van der Waals surface area contributed by atoms with E-state index in [2.05, 4.69) is 141 Å². The Bertz CT molecular complexity index is 3410. The van der Waals surface area contributed by atoms with Crippen molar-refractivity contribution < 1.29 is 69.3 Å². The molecule has 2 N–H and O–H groups in total. The van der Waals surface area contributed by atoms with Gasteiger partial charge in [0.2, 0.25) is 8.77 Å². The quantitative estimate of drug-likeness (QED) is 0.0659. The first kappa shape index (κ1) is 103. The molecule has 5 fully saturated rings. The zero-order valence-corrected chi connectivity index (χ0v) is 81.0. The third kappa shape index (κ3) is 41.6. The first-order valence-electron chi connectivity index (χ1n) is 37.8. The fraction of sp³-hybridized carbons (Fsp3) is 0.737. The number of allylic oxidation sites excluding steroid dienone is 4. The van der Waals surface area contributed by atoms with E-state index in [1.165, 1.54) is 120 Å². The minimum atomic E-state index is -4.67. The Balaban J connectivity index is 0.000000317. The standard InChI is InChI=1S/C14H16S4.C10H15O2S2.C10H16O2S2.2C7H8OS2.2C6H9BrO.C6H15O3P.C6H10O.C4H10O.H2O4S/c1-7-3-9-10(4-7)16-13(15-9)14-17-11-5-8(2)6-12(11)18-14;1-6(2)12-10(13)14-9-5-7(3)4-8(9)11;1-6(2)12-10(13)14-9-7(3)4-5-8(9)11;1-4-2-5-6(3-4)10-7(8)9-5;1-4-2-3-5-6(4)10-7(8)9-5;1-4-2-5(7)6(8)3-4;1-4-2-3-5(8)6(4)7;1-4-7-10(8-5-2)9-6-3;1-5-2-3-6(7)4-5;1-3-5-4-2;1-5(2,3)4/h7-8H,3-6H2,1-2H3;6-7,9H,3-5H2,1-2H3;6-7,9H,4-5H2,1-3H3;2*4H,2-3H2,1H3;4-5H,2-3H2,1H3;4,6H,2-3H2,1H3;4-6H2,1-3H3;5H,2-4H2,1H3;3-4H2,1-2H3;(H2,1,2,3,4)/q;+1;;;;;;;;;. The lowest BCUT2D eigenvalue weighted by Gasteiger charge is -2.15. The lowest BCUT2D eigenvalue weighted by molar-refractivity contribution is -0.118. The first-order valence-corrected chi connectivity index (χ1v) is 51.2. The fourth-order valence-corrected chi connectivity index (χ4v) is 29.0. The van der Waals surface area contributed by atoms with E-state index in [-0.39, 0.29) is 52.2 Å². The predicted molar refractivity (Wildman–Crippen MR) is 484 cm³/mol. The number of thiocarbonyl (C=S) groups is 2. The number of hydrogen-bond donors (Lipinski definition) is 2. The topological polar surface area (TPSA) is 249 Å². The van der Waals surface area contributed by atoms with E-state index in [9.17, 15) is 33.6 Å². The summed E-state index contributed by atoms with van der Waals surface area (Å²) in [5.41, 5.74) is 0. The smallest absolute Gasteiger partial charge is 0.394 e. The van der Waals surface area contributed by atoms with Crippen molar-refractivity contribution in [2.24, 2.45) is 47.3 Å². The van der Waals surface area contributed by atoms with Gasteiger partial charge in [-0.25, -0.2) is 0 Å². The van der Waals surface area contributed by atoms with Crippen LogP contribution in [0.15, 0.2) is 37.7 Å². The Kier molecular flexibility index (Phi) is 51.5. The average molecular weight is 1910 g/mol. The average Bonchev–Trinajstić information content (AvgIpc) is 1.63. The molecule has 5 saturated carbocycles. The van der Waals surface area contributed by atoms with Gasteiger partial charge in [-0.1, -0.05) is 203 Å². The van der Waals surface area contributed by atoms with Crippen molar-refractivity contribution in [3.63, 3.8) is 0 Å². The molecule has 109 heavy (non-hydrogen) atoms. The van der Waals surface area contributed by atoms with Gasteiger partial charge in [0.25, 0.3) is 8.11 Å². The molecular formula is C76H118Br2O17PS13+. The molecule has 0 amide bonds. The Morgan fingerprint density at radius 3 is 1.26 bits per heavy atom. The largest absolute Gasteiger partial charge is 0.476 e. The van der Waals surface area contributed by atoms with E-state index >= 15 is 0 Å². The van der Waals surface area contributed by atoms with Crippen molar-refractivity contribution in [3.8, 4) is 0 Å². The van der Waals surface area contributed by atoms with Gasteiger partial charge in [-0.3, -0.25) is 42.7 Å². The fourth-order valence-electron chi connectivity index (χ4n) is 12.1. The number of carbonyl (C=O) groups excluding carboxylic acids is 5. The van der Waals surface area contributed by atoms with Crippen LogP contribution in [0.4, 0.5) is 0 Å². The van der Waals surface area contributed by atoms with Crippen molar-refractivity contribution in [2.75, 3.05) is 33.0 Å². The van der Waals surface area contributed by atoms with Crippen LogP contribution in [-0.2, 0) is 81.4 Å². The lowest BCUT2D eigenvalue weighted by Crippen LogP contribution is -2.19. The van der Waals surface area contributed by atoms with Crippen LogP contribution in [0.2, 0.25) is 0 Å². The summed E-state index contributed by atoms with van der Waals surface area (Å²) in [6.07, 6.45) is 19.7. The molecule has 13 rings (SSSR count). The van der Waals surface area contributed by atoms with Crippen LogP contribution in [0.25, 0.3) is 0 Å². The summed E-state index contributed by atoms with van der Waals surface area (Å²) in [6, 6.07) is 0. The number of alkyl halides is 2.